The molecule has 0 aliphatic heterocycles. The van der Waals surface area contributed by atoms with E-state index in [0.717, 1.165) is 0 Å². The van der Waals surface area contributed by atoms with Crippen molar-refractivity contribution in [1.29, 1.82) is 0 Å². The van der Waals surface area contributed by atoms with Crippen molar-refractivity contribution in [3.8, 4) is 0 Å². The molecule has 0 aliphatic carbocycles. The van der Waals surface area contributed by atoms with Crippen LogP contribution in [0.5, 0.6) is 0 Å². The Bertz CT molecular complexity index is 718. The van der Waals surface area contributed by atoms with E-state index in [1.54, 1.807) is 0 Å². The highest BCUT2D eigenvalue weighted by Crippen LogP contribution is 2.18. The average molecular weight is 294 g/mol. The van der Waals surface area contributed by atoms with Gasteiger partial charge < -0.3 is 4.74 Å². The second kappa shape index (κ2) is 5.61. The van der Waals surface area contributed by atoms with Gasteiger partial charge in [-0.2, -0.15) is 5.10 Å². The number of hydrogen-bond acceptors (Lipinski definition) is 7. The number of ether oxygens (including phenoxy) is 1. The van der Waals surface area contributed by atoms with E-state index in [1.165, 1.54) is 43.8 Å². The van der Waals surface area contributed by atoms with Crippen molar-refractivity contribution in [2.24, 2.45) is 0 Å². The molecular weight excluding hydrogens is 284 g/mol. The third-order valence-corrected chi connectivity index (χ3v) is 3.68. The lowest BCUT2D eigenvalue weighted by atomic mass is 10.2. The molecule has 8 nitrogen and oxygen atoms in total. The van der Waals surface area contributed by atoms with Gasteiger partial charge in [0.25, 0.3) is 16.0 Å². The quantitative estimate of drug-likeness (QED) is 0.815. The van der Waals surface area contributed by atoms with Crippen LogP contribution in [-0.4, -0.2) is 36.7 Å². The summed E-state index contributed by atoms with van der Waals surface area (Å²) in [5.74, 6) is -0.940. The van der Waals surface area contributed by atoms with Crippen LogP contribution in [0.3, 0.4) is 0 Å². The summed E-state index contributed by atoms with van der Waals surface area (Å²) in [7, 11) is -2.84. The van der Waals surface area contributed by atoms with Gasteiger partial charge in [-0.25, -0.2) is 22.9 Å². The van der Waals surface area contributed by atoms with Crippen LogP contribution in [0.15, 0.2) is 41.6 Å². The molecule has 0 bridgehead atoms. The first-order valence-corrected chi connectivity index (χ1v) is 6.87. The molecule has 9 heteroatoms. The second-order valence-electron chi connectivity index (χ2n) is 3.56. The van der Waals surface area contributed by atoms with Gasteiger partial charge in [0, 0.05) is 0 Å². The standard InChI is InChI=1S/C11H10N4O4S/c1-19-10(16)8-4-2-3-5-9(8)20(17,18)15-11-12-6-7-13-14-11/h2-7H,1H3,(H,12,14,15). The van der Waals surface area contributed by atoms with Gasteiger partial charge in [-0.15, -0.1) is 5.10 Å². The molecule has 0 saturated carbocycles. The monoisotopic (exact) mass is 294 g/mol. The van der Waals surface area contributed by atoms with Crippen molar-refractivity contribution in [2.75, 3.05) is 11.8 Å². The van der Waals surface area contributed by atoms with Crippen LogP contribution >= 0.6 is 0 Å². The highest BCUT2D eigenvalue weighted by molar-refractivity contribution is 7.92. The summed E-state index contributed by atoms with van der Waals surface area (Å²) in [5.41, 5.74) is -0.0774. The topological polar surface area (TPSA) is 111 Å². The Hall–Kier alpha value is -2.55. The van der Waals surface area contributed by atoms with Crippen molar-refractivity contribution in [1.82, 2.24) is 15.2 Å². The average Bonchev–Trinajstić information content (AvgIpc) is 2.47. The first-order valence-electron chi connectivity index (χ1n) is 5.38. The fourth-order valence-electron chi connectivity index (χ4n) is 1.45. The van der Waals surface area contributed by atoms with Crippen LogP contribution in [0.1, 0.15) is 10.4 Å². The number of esters is 1. The van der Waals surface area contributed by atoms with Gasteiger partial charge in [-0.1, -0.05) is 12.1 Å². The number of methoxy groups -OCH3 is 1. The van der Waals surface area contributed by atoms with Gasteiger partial charge in [0.15, 0.2) is 0 Å². The summed E-state index contributed by atoms with van der Waals surface area (Å²) in [6.45, 7) is 0. The number of carbonyl (C=O) groups is 1. The summed E-state index contributed by atoms with van der Waals surface area (Å²) in [4.78, 5) is 15.1. The van der Waals surface area contributed by atoms with E-state index in [-0.39, 0.29) is 16.4 Å². The first-order chi connectivity index (χ1) is 9.54. The number of carbonyl (C=O) groups excluding carboxylic acids is 1. The molecule has 1 heterocycles. The van der Waals surface area contributed by atoms with Crippen LogP contribution < -0.4 is 4.72 Å². The molecule has 0 spiro atoms. The third-order valence-electron chi connectivity index (χ3n) is 2.29. The Morgan fingerprint density at radius 3 is 2.65 bits per heavy atom. The summed E-state index contributed by atoms with van der Waals surface area (Å²) >= 11 is 0. The number of benzene rings is 1. The molecular formula is C11H10N4O4S. The summed E-state index contributed by atoms with van der Waals surface area (Å²) in [6, 6.07) is 5.66. The molecule has 20 heavy (non-hydrogen) atoms. The highest BCUT2D eigenvalue weighted by Gasteiger charge is 2.23. The molecule has 0 saturated heterocycles. The molecule has 0 fully saturated rings. The first kappa shape index (κ1) is 13.9. The van der Waals surface area contributed by atoms with E-state index in [0.29, 0.717) is 0 Å². The number of nitrogens with one attached hydrogen (secondary N) is 1. The molecule has 0 amide bonds. The van der Waals surface area contributed by atoms with Crippen LogP contribution in [0.4, 0.5) is 5.95 Å². The molecule has 1 aromatic heterocycles. The molecule has 0 aliphatic rings. The number of aromatic nitrogens is 3. The Labute approximate surface area is 114 Å². The lowest BCUT2D eigenvalue weighted by Gasteiger charge is -2.09. The van der Waals surface area contributed by atoms with E-state index >= 15 is 0 Å². The highest BCUT2D eigenvalue weighted by atomic mass is 32.2. The zero-order valence-corrected chi connectivity index (χ0v) is 11.2. The smallest absolute Gasteiger partial charge is 0.339 e. The van der Waals surface area contributed by atoms with E-state index in [4.69, 9.17) is 0 Å². The predicted molar refractivity (Wildman–Crippen MR) is 68.4 cm³/mol. The largest absolute Gasteiger partial charge is 0.465 e. The lowest BCUT2D eigenvalue weighted by molar-refractivity contribution is 0.0596. The van der Waals surface area contributed by atoms with Gasteiger partial charge in [-0.05, 0) is 12.1 Å². The summed E-state index contributed by atoms with van der Waals surface area (Å²) in [6.07, 6.45) is 2.59. The Balaban J connectivity index is 2.42. The molecule has 2 rings (SSSR count). The van der Waals surface area contributed by atoms with Crippen molar-refractivity contribution in [3.05, 3.63) is 42.2 Å². The van der Waals surface area contributed by atoms with Gasteiger partial charge in [0.05, 0.1) is 25.1 Å². The Morgan fingerprint density at radius 1 is 1.25 bits per heavy atom. The Morgan fingerprint density at radius 2 is 2.00 bits per heavy atom. The van der Waals surface area contributed by atoms with E-state index in [9.17, 15) is 13.2 Å². The number of nitrogens with zero attached hydrogens (tertiary/aromatic N) is 3. The van der Waals surface area contributed by atoms with E-state index < -0.39 is 16.0 Å². The van der Waals surface area contributed by atoms with E-state index in [2.05, 4.69) is 24.6 Å². The van der Waals surface area contributed by atoms with Crippen LogP contribution in [0.2, 0.25) is 0 Å². The number of hydrogen-bond donors (Lipinski definition) is 1. The van der Waals surface area contributed by atoms with Gasteiger partial charge in [0.1, 0.15) is 4.90 Å². The molecule has 104 valence electrons. The predicted octanol–water partition coefficient (Wildman–Crippen LogP) is 0.459. The maximum Gasteiger partial charge on any atom is 0.339 e. The lowest BCUT2D eigenvalue weighted by Crippen LogP contribution is -2.19. The van der Waals surface area contributed by atoms with Gasteiger partial charge in [0.2, 0.25) is 0 Å². The summed E-state index contributed by atoms with van der Waals surface area (Å²) < 4.78 is 31.1. The molecule has 1 aromatic carbocycles. The fourth-order valence-corrected chi connectivity index (χ4v) is 2.59. The second-order valence-corrected chi connectivity index (χ2v) is 5.21. The van der Waals surface area contributed by atoms with Crippen LogP contribution in [-0.2, 0) is 14.8 Å². The minimum atomic E-state index is -4.01. The number of anilines is 1. The van der Waals surface area contributed by atoms with Gasteiger partial charge in [-0.3, -0.25) is 0 Å². The molecule has 0 unspecified atom stereocenters. The maximum atomic E-state index is 12.2. The molecule has 2 aromatic rings. The SMILES string of the molecule is COC(=O)c1ccccc1S(=O)(=O)Nc1nccnn1. The van der Waals surface area contributed by atoms with Crippen LogP contribution in [0, 0.1) is 0 Å². The Kier molecular flexibility index (Phi) is 3.89. The van der Waals surface area contributed by atoms with Crippen LogP contribution in [0.25, 0.3) is 0 Å². The number of rotatable bonds is 4. The zero-order valence-electron chi connectivity index (χ0n) is 10.3. The fraction of sp³-hybridized carbons (Fsp3) is 0.0909. The van der Waals surface area contributed by atoms with Crippen molar-refractivity contribution >= 4 is 21.9 Å². The van der Waals surface area contributed by atoms with Crippen molar-refractivity contribution in [3.63, 3.8) is 0 Å². The molecule has 0 radical (unpaired) electrons. The minimum Gasteiger partial charge on any atom is -0.465 e. The van der Waals surface area contributed by atoms with Crippen molar-refractivity contribution in [2.45, 2.75) is 4.90 Å². The summed E-state index contributed by atoms with van der Waals surface area (Å²) in [5, 5.41) is 7.02. The molecule has 0 atom stereocenters. The maximum absolute atomic E-state index is 12.2. The molecule has 1 N–H and O–H groups in total. The zero-order chi connectivity index (χ0) is 14.6. The number of sulfonamides is 1. The van der Waals surface area contributed by atoms with E-state index in [1.807, 2.05) is 0 Å². The minimum absolute atomic E-state index is 0.0774. The normalized spacial score (nSPS) is 10.8. The van der Waals surface area contributed by atoms with Gasteiger partial charge >= 0.3 is 5.97 Å². The van der Waals surface area contributed by atoms with Crippen molar-refractivity contribution < 1.29 is 17.9 Å². The third kappa shape index (κ3) is 2.88.